The number of aromatic nitrogens is 1. The number of aromatic amines is 1. The summed E-state index contributed by atoms with van der Waals surface area (Å²) < 4.78 is 40.0. The Labute approximate surface area is 125 Å². The second-order valence-electron chi connectivity index (χ2n) is 4.46. The van der Waals surface area contributed by atoms with Gasteiger partial charge in [-0.15, -0.1) is 0 Å². The summed E-state index contributed by atoms with van der Waals surface area (Å²) in [5, 5.41) is 1.05. The van der Waals surface area contributed by atoms with Gasteiger partial charge in [0, 0.05) is 27.8 Å². The highest BCUT2D eigenvalue weighted by atomic mass is 35.5. The molecule has 0 aliphatic rings. The van der Waals surface area contributed by atoms with Crippen LogP contribution in [0.4, 0.5) is 10.1 Å². The fourth-order valence-corrected chi connectivity index (χ4v) is 3.43. The number of fused-ring (bicyclic) bond motifs is 1. The molecule has 0 amide bonds. The van der Waals surface area contributed by atoms with E-state index in [2.05, 4.69) is 9.71 Å². The Kier molecular flexibility index (Phi) is 3.35. The summed E-state index contributed by atoms with van der Waals surface area (Å²) in [6.07, 6.45) is 1.40. The molecule has 0 saturated heterocycles. The van der Waals surface area contributed by atoms with Gasteiger partial charge in [0.05, 0.1) is 0 Å². The Hall–Kier alpha value is -2.05. The third-order valence-electron chi connectivity index (χ3n) is 2.99. The first-order valence-electron chi connectivity index (χ1n) is 6.01. The number of halogens is 2. The van der Waals surface area contributed by atoms with Crippen LogP contribution in [0, 0.1) is 5.82 Å². The quantitative estimate of drug-likeness (QED) is 0.770. The molecule has 1 aromatic heterocycles. The largest absolute Gasteiger partial charge is 0.360 e. The Morgan fingerprint density at radius 1 is 1.10 bits per heavy atom. The molecule has 0 aliphatic carbocycles. The topological polar surface area (TPSA) is 62.0 Å². The molecule has 0 aliphatic heterocycles. The molecule has 0 saturated carbocycles. The predicted molar refractivity (Wildman–Crippen MR) is 80.5 cm³/mol. The van der Waals surface area contributed by atoms with Crippen molar-refractivity contribution in [2.45, 2.75) is 4.90 Å². The lowest BCUT2D eigenvalue weighted by Gasteiger charge is -2.07. The first-order chi connectivity index (χ1) is 9.95. The highest BCUT2D eigenvalue weighted by molar-refractivity contribution is 7.93. The second-order valence-corrected chi connectivity index (χ2v) is 6.54. The molecule has 3 rings (SSSR count). The van der Waals surface area contributed by atoms with Gasteiger partial charge in [0.25, 0.3) is 10.0 Å². The van der Waals surface area contributed by atoms with Gasteiger partial charge in [-0.1, -0.05) is 11.6 Å². The molecule has 21 heavy (non-hydrogen) atoms. The summed E-state index contributed by atoms with van der Waals surface area (Å²) >= 11 is 5.87. The minimum atomic E-state index is -3.77. The van der Waals surface area contributed by atoms with Crippen LogP contribution in [-0.4, -0.2) is 13.4 Å². The normalized spacial score (nSPS) is 11.7. The summed E-state index contributed by atoms with van der Waals surface area (Å²) in [4.78, 5) is 2.98. The van der Waals surface area contributed by atoms with Gasteiger partial charge in [0.15, 0.2) is 0 Å². The minimum Gasteiger partial charge on any atom is -0.360 e. The zero-order chi connectivity index (χ0) is 15.0. The van der Waals surface area contributed by atoms with Gasteiger partial charge in [0.1, 0.15) is 10.7 Å². The van der Waals surface area contributed by atoms with Gasteiger partial charge in [-0.25, -0.2) is 12.8 Å². The van der Waals surface area contributed by atoms with Gasteiger partial charge < -0.3 is 4.98 Å². The maximum absolute atomic E-state index is 12.8. The van der Waals surface area contributed by atoms with E-state index in [4.69, 9.17) is 11.6 Å². The number of benzene rings is 2. The van der Waals surface area contributed by atoms with Crippen LogP contribution in [0.2, 0.25) is 5.02 Å². The maximum Gasteiger partial charge on any atom is 0.264 e. The average molecular weight is 325 g/mol. The Balaban J connectivity index is 2.02. The molecule has 3 aromatic rings. The number of hydrogen-bond donors (Lipinski definition) is 2. The first-order valence-corrected chi connectivity index (χ1v) is 7.87. The standard InChI is InChI=1S/C14H10ClFN2O2S/c15-9-1-6-12-13(7-9)17-8-14(12)21(19,20)18-11-4-2-10(16)3-5-11/h1-8,17-18H. The molecule has 2 N–H and O–H groups in total. The smallest absolute Gasteiger partial charge is 0.264 e. The highest BCUT2D eigenvalue weighted by Crippen LogP contribution is 2.26. The fraction of sp³-hybridized carbons (Fsp3) is 0. The van der Waals surface area contributed by atoms with E-state index in [9.17, 15) is 12.8 Å². The third-order valence-corrected chi connectivity index (χ3v) is 4.65. The van der Waals surface area contributed by atoms with E-state index < -0.39 is 15.8 Å². The van der Waals surface area contributed by atoms with Crippen LogP contribution in [0.1, 0.15) is 0 Å². The summed E-state index contributed by atoms with van der Waals surface area (Å²) in [6, 6.07) is 9.99. The highest BCUT2D eigenvalue weighted by Gasteiger charge is 2.19. The number of nitrogens with one attached hydrogen (secondary N) is 2. The van der Waals surface area contributed by atoms with Crippen molar-refractivity contribution in [3.8, 4) is 0 Å². The lowest BCUT2D eigenvalue weighted by Crippen LogP contribution is -2.12. The number of rotatable bonds is 3. The number of hydrogen-bond acceptors (Lipinski definition) is 2. The van der Waals surface area contributed by atoms with E-state index >= 15 is 0 Å². The molecule has 108 valence electrons. The summed E-state index contributed by atoms with van der Waals surface area (Å²) in [5.41, 5.74) is 0.918. The second kappa shape index (κ2) is 5.05. The van der Waals surface area contributed by atoms with Crippen LogP contribution >= 0.6 is 11.6 Å². The Bertz CT molecular complexity index is 904. The van der Waals surface area contributed by atoms with Gasteiger partial charge in [-0.05, 0) is 42.5 Å². The van der Waals surface area contributed by atoms with E-state index in [1.165, 1.54) is 30.5 Å². The van der Waals surface area contributed by atoms with Crippen molar-refractivity contribution in [3.63, 3.8) is 0 Å². The third kappa shape index (κ3) is 2.72. The van der Waals surface area contributed by atoms with Crippen molar-refractivity contribution in [2.24, 2.45) is 0 Å². The van der Waals surface area contributed by atoms with Crippen LogP contribution in [0.5, 0.6) is 0 Å². The summed E-state index contributed by atoms with van der Waals surface area (Å²) in [6.45, 7) is 0. The molecule has 7 heteroatoms. The van der Waals surface area contributed by atoms with Crippen LogP contribution in [0.15, 0.2) is 53.6 Å². The van der Waals surface area contributed by atoms with Gasteiger partial charge in [-0.2, -0.15) is 0 Å². The molecule has 4 nitrogen and oxygen atoms in total. The first kappa shape index (κ1) is 13.9. The zero-order valence-corrected chi connectivity index (χ0v) is 12.2. The van der Waals surface area contributed by atoms with Crippen LogP contribution in [-0.2, 0) is 10.0 Å². The van der Waals surface area contributed by atoms with Crippen LogP contribution in [0.3, 0.4) is 0 Å². The molecule has 0 spiro atoms. The minimum absolute atomic E-state index is 0.110. The van der Waals surface area contributed by atoms with Gasteiger partial charge in [0.2, 0.25) is 0 Å². The fourth-order valence-electron chi connectivity index (χ4n) is 2.02. The van der Waals surface area contributed by atoms with E-state index in [1.54, 1.807) is 18.2 Å². The zero-order valence-electron chi connectivity index (χ0n) is 10.6. The molecular weight excluding hydrogens is 315 g/mol. The average Bonchev–Trinajstić information content (AvgIpc) is 2.85. The number of sulfonamides is 1. The number of H-pyrrole nitrogens is 1. The maximum atomic E-state index is 12.8. The molecule has 2 aromatic carbocycles. The van der Waals surface area contributed by atoms with Crippen molar-refractivity contribution in [1.82, 2.24) is 4.98 Å². The van der Waals surface area contributed by atoms with Gasteiger partial charge >= 0.3 is 0 Å². The molecule has 0 atom stereocenters. The van der Waals surface area contributed by atoms with E-state index in [1.807, 2.05) is 0 Å². The summed E-state index contributed by atoms with van der Waals surface area (Å²) in [5.74, 6) is -0.431. The SMILES string of the molecule is O=S(=O)(Nc1ccc(F)cc1)c1c[nH]c2cc(Cl)ccc12. The van der Waals surface area contributed by atoms with Crippen molar-refractivity contribution >= 4 is 38.2 Å². The van der Waals surface area contributed by atoms with E-state index in [0.29, 0.717) is 21.6 Å². The predicted octanol–water partition coefficient (Wildman–Crippen LogP) is 3.76. The monoisotopic (exact) mass is 324 g/mol. The Morgan fingerprint density at radius 3 is 2.52 bits per heavy atom. The summed E-state index contributed by atoms with van der Waals surface area (Å²) in [7, 11) is -3.77. The van der Waals surface area contributed by atoms with Crippen molar-refractivity contribution < 1.29 is 12.8 Å². The molecule has 0 radical (unpaired) electrons. The van der Waals surface area contributed by atoms with Crippen LogP contribution < -0.4 is 4.72 Å². The number of anilines is 1. The van der Waals surface area contributed by atoms with Crippen molar-refractivity contribution in [1.29, 1.82) is 0 Å². The molecule has 1 heterocycles. The molecule has 0 fully saturated rings. The van der Waals surface area contributed by atoms with E-state index in [0.717, 1.165) is 0 Å². The van der Waals surface area contributed by atoms with E-state index in [-0.39, 0.29) is 4.90 Å². The molecular formula is C14H10ClFN2O2S. The lowest BCUT2D eigenvalue weighted by molar-refractivity contribution is 0.602. The van der Waals surface area contributed by atoms with Gasteiger partial charge in [-0.3, -0.25) is 4.72 Å². The van der Waals surface area contributed by atoms with Crippen molar-refractivity contribution in [2.75, 3.05) is 4.72 Å². The molecule has 0 bridgehead atoms. The Morgan fingerprint density at radius 2 is 1.81 bits per heavy atom. The van der Waals surface area contributed by atoms with Crippen LogP contribution in [0.25, 0.3) is 10.9 Å². The van der Waals surface area contributed by atoms with Crippen molar-refractivity contribution in [3.05, 3.63) is 59.5 Å². The lowest BCUT2D eigenvalue weighted by atomic mass is 10.2. The molecule has 0 unspecified atom stereocenters.